The third-order valence-electron chi connectivity index (χ3n) is 11.2. The number of fused-ring (bicyclic) bond motifs is 5. The van der Waals surface area contributed by atoms with Crippen LogP contribution >= 0.6 is 0 Å². The summed E-state index contributed by atoms with van der Waals surface area (Å²) in [5.74, 6) is 1.25. The standard InChI is InChI=1S/C28H35N3O4/c1-15-9-10-31-14-26-13-27(25(4,5)19(26)12-28(15,31)23(34)30(26)6)16-7-8-18-20(21(16)29-22(27)33)17(32)11-24(2,3)35-18/h7-8,15,19H,9-14H2,1-6H3,(H,29,33)/t15-,19-,26+,27-,28+/m1/s1. The Morgan fingerprint density at radius 3 is 2.60 bits per heavy atom. The van der Waals surface area contributed by atoms with Crippen LogP contribution in [0.5, 0.6) is 5.75 Å². The van der Waals surface area contributed by atoms with Gasteiger partial charge in [-0.1, -0.05) is 26.8 Å². The molecule has 0 radical (unpaired) electrons. The van der Waals surface area contributed by atoms with E-state index in [0.717, 1.165) is 31.5 Å². The van der Waals surface area contributed by atoms with E-state index in [1.807, 2.05) is 37.9 Å². The number of hydrogen-bond acceptors (Lipinski definition) is 5. The van der Waals surface area contributed by atoms with Crippen LogP contribution in [0.3, 0.4) is 0 Å². The minimum Gasteiger partial charge on any atom is -0.487 e. The number of nitrogens with one attached hydrogen (secondary N) is 1. The van der Waals surface area contributed by atoms with Crippen molar-refractivity contribution in [2.45, 2.75) is 82.4 Å². The first kappa shape index (κ1) is 21.8. The predicted octanol–water partition coefficient (Wildman–Crippen LogP) is 3.36. The molecule has 8 rings (SSSR count). The maximum absolute atomic E-state index is 14.1. The highest BCUT2D eigenvalue weighted by atomic mass is 16.5. The fraction of sp³-hybridized carbons (Fsp3) is 0.679. The summed E-state index contributed by atoms with van der Waals surface area (Å²) in [6.07, 6.45) is 2.71. The van der Waals surface area contributed by atoms with E-state index in [1.54, 1.807) is 0 Å². The van der Waals surface area contributed by atoms with Crippen LogP contribution in [0.15, 0.2) is 12.1 Å². The molecule has 1 aromatic rings. The summed E-state index contributed by atoms with van der Waals surface area (Å²) in [5, 5.41) is 3.16. The van der Waals surface area contributed by atoms with Crippen molar-refractivity contribution in [3.8, 4) is 5.75 Å². The van der Waals surface area contributed by atoms with E-state index < -0.39 is 27.5 Å². The van der Waals surface area contributed by atoms with Crippen molar-refractivity contribution < 1.29 is 19.1 Å². The molecule has 35 heavy (non-hydrogen) atoms. The number of benzene rings is 1. The Labute approximate surface area is 206 Å². The molecule has 0 aromatic heterocycles. The lowest BCUT2D eigenvalue weighted by Crippen LogP contribution is -2.79. The second-order valence-corrected chi connectivity index (χ2v) is 13.3. The van der Waals surface area contributed by atoms with Gasteiger partial charge < -0.3 is 15.0 Å². The molecule has 186 valence electrons. The summed E-state index contributed by atoms with van der Waals surface area (Å²) in [4.78, 5) is 45.8. The van der Waals surface area contributed by atoms with E-state index in [1.165, 1.54) is 0 Å². The molecule has 7 nitrogen and oxygen atoms in total. The Morgan fingerprint density at radius 2 is 1.86 bits per heavy atom. The SMILES string of the molecule is C[C@@H]1CCN2C[C@@]34C[C@@]5(C(=O)Nc6c5ccc5c6C(=O)CC(C)(C)O5)C(C)(C)[C@H]3C[C@@]12C(=O)N4C. The molecule has 0 unspecified atom stereocenters. The molecule has 7 aliphatic rings. The summed E-state index contributed by atoms with van der Waals surface area (Å²) < 4.78 is 6.16. The minimum atomic E-state index is -0.807. The number of Topliss-reactive ketones (excluding diaryl/α,β-unsaturated/α-hetero) is 1. The van der Waals surface area contributed by atoms with Crippen molar-refractivity contribution in [1.29, 1.82) is 0 Å². The van der Waals surface area contributed by atoms with Crippen LogP contribution in [-0.2, 0) is 15.0 Å². The molecule has 7 heteroatoms. The molecule has 1 aliphatic carbocycles. The van der Waals surface area contributed by atoms with E-state index in [2.05, 4.69) is 31.0 Å². The minimum absolute atomic E-state index is 0.0124. The normalized spacial score (nSPS) is 42.0. The number of piperazine rings is 1. The second kappa shape index (κ2) is 5.93. The van der Waals surface area contributed by atoms with E-state index in [4.69, 9.17) is 4.74 Å². The summed E-state index contributed by atoms with van der Waals surface area (Å²) in [7, 11) is 1.97. The van der Waals surface area contributed by atoms with Crippen LogP contribution in [-0.4, -0.2) is 64.2 Å². The Kier molecular flexibility index (Phi) is 3.70. The van der Waals surface area contributed by atoms with Gasteiger partial charge in [0, 0.05) is 13.6 Å². The van der Waals surface area contributed by atoms with Crippen LogP contribution in [0.25, 0.3) is 0 Å². The quantitative estimate of drug-likeness (QED) is 0.620. The van der Waals surface area contributed by atoms with E-state index in [9.17, 15) is 14.4 Å². The third kappa shape index (κ3) is 2.11. The summed E-state index contributed by atoms with van der Waals surface area (Å²) in [6.45, 7) is 12.3. The number of amides is 2. The number of hydrogen-bond donors (Lipinski definition) is 1. The maximum Gasteiger partial charge on any atom is 0.243 e. The molecule has 2 amide bonds. The smallest absolute Gasteiger partial charge is 0.243 e. The Hall–Kier alpha value is -2.41. The second-order valence-electron chi connectivity index (χ2n) is 13.3. The first-order valence-electron chi connectivity index (χ1n) is 13.1. The van der Waals surface area contributed by atoms with Crippen molar-refractivity contribution in [1.82, 2.24) is 9.80 Å². The van der Waals surface area contributed by atoms with Crippen LogP contribution in [0.1, 0.15) is 76.2 Å². The fourth-order valence-electron chi connectivity index (χ4n) is 9.46. The van der Waals surface area contributed by atoms with Crippen molar-refractivity contribution in [3.05, 3.63) is 23.3 Å². The van der Waals surface area contributed by atoms with Gasteiger partial charge >= 0.3 is 0 Å². The summed E-state index contributed by atoms with van der Waals surface area (Å²) >= 11 is 0. The number of rotatable bonds is 0. The van der Waals surface area contributed by atoms with Crippen LogP contribution in [0.2, 0.25) is 0 Å². The number of carbonyl (C=O) groups excluding carboxylic acids is 3. The lowest BCUT2D eigenvalue weighted by Gasteiger charge is -2.65. The third-order valence-corrected chi connectivity index (χ3v) is 11.2. The molecule has 1 saturated carbocycles. The molecule has 5 atom stereocenters. The molecule has 1 aromatic carbocycles. The summed E-state index contributed by atoms with van der Waals surface area (Å²) in [6, 6.07) is 3.89. The Morgan fingerprint density at radius 1 is 1.11 bits per heavy atom. The van der Waals surface area contributed by atoms with Crippen molar-refractivity contribution in [2.75, 3.05) is 25.5 Å². The maximum atomic E-state index is 14.1. The Bertz CT molecular complexity index is 1250. The highest BCUT2D eigenvalue weighted by Crippen LogP contribution is 2.72. The number of likely N-dealkylation sites (N-methyl/N-ethyl adjacent to an activating group) is 1. The number of ether oxygens (including phenoxy) is 1. The average molecular weight is 478 g/mol. The van der Waals surface area contributed by atoms with Gasteiger partial charge in [-0.2, -0.15) is 0 Å². The van der Waals surface area contributed by atoms with E-state index >= 15 is 0 Å². The number of piperidine rings is 2. The molecular weight excluding hydrogens is 442 g/mol. The zero-order valence-electron chi connectivity index (χ0n) is 21.6. The van der Waals surface area contributed by atoms with Crippen molar-refractivity contribution >= 4 is 23.3 Å². The number of carbonyl (C=O) groups is 3. The topological polar surface area (TPSA) is 79.0 Å². The van der Waals surface area contributed by atoms with Gasteiger partial charge in [-0.3, -0.25) is 19.3 Å². The highest BCUT2D eigenvalue weighted by Gasteiger charge is 2.80. The molecule has 1 N–H and O–H groups in total. The van der Waals surface area contributed by atoms with Gasteiger partial charge in [-0.25, -0.2) is 0 Å². The number of ketones is 1. The van der Waals surface area contributed by atoms with Gasteiger partial charge in [0.25, 0.3) is 0 Å². The molecule has 5 fully saturated rings. The van der Waals surface area contributed by atoms with Gasteiger partial charge in [-0.05, 0) is 68.5 Å². The lowest BCUT2D eigenvalue weighted by atomic mass is 9.56. The molecule has 2 bridgehead atoms. The van der Waals surface area contributed by atoms with Gasteiger partial charge in [0.15, 0.2) is 5.78 Å². The fourth-order valence-corrected chi connectivity index (χ4v) is 9.46. The first-order chi connectivity index (χ1) is 16.3. The molecule has 4 saturated heterocycles. The molecule has 3 spiro atoms. The molecule has 6 aliphatic heterocycles. The van der Waals surface area contributed by atoms with Gasteiger partial charge in [0.05, 0.1) is 28.6 Å². The predicted molar refractivity (Wildman–Crippen MR) is 130 cm³/mol. The number of nitrogens with zero attached hydrogens (tertiary/aromatic N) is 2. The zero-order valence-corrected chi connectivity index (χ0v) is 21.6. The van der Waals surface area contributed by atoms with Crippen LogP contribution < -0.4 is 10.1 Å². The van der Waals surface area contributed by atoms with Crippen LogP contribution in [0.4, 0.5) is 5.69 Å². The molecule has 6 heterocycles. The Balaban J connectivity index is 1.43. The lowest BCUT2D eigenvalue weighted by molar-refractivity contribution is -0.189. The van der Waals surface area contributed by atoms with E-state index in [-0.39, 0.29) is 29.9 Å². The largest absolute Gasteiger partial charge is 0.487 e. The average Bonchev–Trinajstić information content (AvgIpc) is 3.32. The van der Waals surface area contributed by atoms with Crippen molar-refractivity contribution in [2.24, 2.45) is 17.3 Å². The van der Waals surface area contributed by atoms with Gasteiger partial charge in [-0.15, -0.1) is 0 Å². The number of anilines is 1. The van der Waals surface area contributed by atoms with E-state index in [0.29, 0.717) is 29.3 Å². The van der Waals surface area contributed by atoms with Crippen molar-refractivity contribution in [3.63, 3.8) is 0 Å². The van der Waals surface area contributed by atoms with Gasteiger partial charge in [0.2, 0.25) is 11.8 Å². The van der Waals surface area contributed by atoms with Gasteiger partial charge in [0.1, 0.15) is 16.9 Å². The summed E-state index contributed by atoms with van der Waals surface area (Å²) in [5.41, 5.74) is -0.575. The first-order valence-corrected chi connectivity index (χ1v) is 13.1. The zero-order chi connectivity index (χ0) is 24.9. The van der Waals surface area contributed by atoms with Crippen LogP contribution in [0, 0.1) is 17.3 Å². The monoisotopic (exact) mass is 477 g/mol. The highest BCUT2D eigenvalue weighted by molar-refractivity contribution is 6.15. The molecular formula is C28H35N3O4.